The normalized spacial score (nSPS) is 27.4. The predicted octanol–water partition coefficient (Wildman–Crippen LogP) is 2.55. The highest BCUT2D eigenvalue weighted by atomic mass is 16.6. The number of urea groups is 1. The smallest absolute Gasteiger partial charge is 0.407 e. The molecule has 1 heterocycles. The molecule has 4 aliphatic rings. The first kappa shape index (κ1) is 28.2. The summed E-state index contributed by atoms with van der Waals surface area (Å²) >= 11 is 0. The van der Waals surface area contributed by atoms with Crippen LogP contribution < -0.4 is 27.0 Å². The summed E-state index contributed by atoms with van der Waals surface area (Å²) in [6.45, 7) is 7.08. The van der Waals surface area contributed by atoms with E-state index in [1.165, 1.54) is 22.9 Å². The van der Waals surface area contributed by atoms with E-state index in [0.29, 0.717) is 18.8 Å². The van der Waals surface area contributed by atoms with Gasteiger partial charge in [0, 0.05) is 18.3 Å². The van der Waals surface area contributed by atoms with E-state index in [2.05, 4.69) is 20.5 Å². The molecule has 2 atom stereocenters. The number of primary amides is 2. The van der Waals surface area contributed by atoms with Crippen molar-refractivity contribution in [3.05, 3.63) is 17.8 Å². The van der Waals surface area contributed by atoms with E-state index in [1.807, 2.05) is 0 Å². The molecule has 13 nitrogen and oxygen atoms in total. The molecule has 1 aromatic heterocycles. The Hall–Kier alpha value is -3.77. The van der Waals surface area contributed by atoms with E-state index in [0.717, 1.165) is 19.3 Å². The first-order valence-electron chi connectivity index (χ1n) is 13.2. The van der Waals surface area contributed by atoms with Gasteiger partial charge in [0.25, 0.3) is 5.91 Å². The van der Waals surface area contributed by atoms with Gasteiger partial charge in [0.2, 0.25) is 0 Å². The average molecular weight is 546 g/mol. The third-order valence-corrected chi connectivity index (χ3v) is 8.07. The highest BCUT2D eigenvalue weighted by molar-refractivity contribution is 6.03. The van der Waals surface area contributed by atoms with Crippen molar-refractivity contribution < 1.29 is 28.7 Å². The van der Waals surface area contributed by atoms with Crippen LogP contribution in [0.2, 0.25) is 0 Å². The van der Waals surface area contributed by atoms with Crippen LogP contribution in [0.5, 0.6) is 0 Å². The Balaban J connectivity index is 1.61. The summed E-state index contributed by atoms with van der Waals surface area (Å²) in [7, 11) is 1.27. The molecule has 6 N–H and O–H groups in total. The second-order valence-corrected chi connectivity index (χ2v) is 11.9. The molecule has 1 aromatic rings. The van der Waals surface area contributed by atoms with Crippen LogP contribution in [0.3, 0.4) is 0 Å². The van der Waals surface area contributed by atoms with Crippen molar-refractivity contribution in [2.75, 3.05) is 12.0 Å². The minimum atomic E-state index is -0.822. The fraction of sp³-hybridized carbons (Fsp3) is 0.654. The van der Waals surface area contributed by atoms with E-state index < -0.39 is 29.4 Å². The Morgan fingerprint density at radius 1 is 1.18 bits per heavy atom. The van der Waals surface area contributed by atoms with Crippen molar-refractivity contribution in [1.29, 1.82) is 0 Å². The Bertz CT molecular complexity index is 1160. The predicted molar refractivity (Wildman–Crippen MR) is 143 cm³/mol. The molecule has 0 saturated heterocycles. The third-order valence-electron chi connectivity index (χ3n) is 8.07. The molecule has 0 radical (unpaired) electrons. The number of nitrogens with one attached hydrogen (secondary N) is 2. The van der Waals surface area contributed by atoms with Gasteiger partial charge >= 0.3 is 18.2 Å². The standard InChI is InChI=1S/C26H39N7O6/c1-14(2)33(22(27)35)21-18(13-29-32(21)7-6-25(3,4)31-24(37)38-5)20(34)30-19-16-8-15-9-17(19)12-26(10-15,11-16)39-23(28)36/h6-7,13-17,19H,8-12H2,1-5H3,(H2,27,35)(H2,28,36)(H,30,34)(H,31,37)/b7-6+. The summed E-state index contributed by atoms with van der Waals surface area (Å²) in [5.41, 5.74) is 9.93. The van der Waals surface area contributed by atoms with Crippen molar-refractivity contribution in [3.8, 4) is 0 Å². The quantitative estimate of drug-likeness (QED) is 0.387. The van der Waals surface area contributed by atoms with Gasteiger partial charge in [-0.3, -0.25) is 9.69 Å². The van der Waals surface area contributed by atoms with Gasteiger partial charge in [-0.1, -0.05) is 0 Å². The number of nitrogens with zero attached hydrogens (tertiary/aromatic N) is 3. The lowest BCUT2D eigenvalue weighted by Gasteiger charge is -2.58. The molecular weight excluding hydrogens is 506 g/mol. The van der Waals surface area contributed by atoms with Gasteiger partial charge < -0.3 is 31.6 Å². The van der Waals surface area contributed by atoms with Crippen molar-refractivity contribution in [2.45, 2.75) is 83.0 Å². The van der Waals surface area contributed by atoms with Gasteiger partial charge in [0.15, 0.2) is 5.82 Å². The number of carbonyl (C=O) groups is 4. The molecule has 0 spiro atoms. The van der Waals surface area contributed by atoms with Crippen molar-refractivity contribution in [3.63, 3.8) is 0 Å². The second kappa shape index (κ2) is 10.4. The Morgan fingerprint density at radius 3 is 2.36 bits per heavy atom. The van der Waals surface area contributed by atoms with Crippen LogP contribution >= 0.6 is 0 Å². The van der Waals surface area contributed by atoms with Crippen LogP contribution in [0.15, 0.2) is 12.3 Å². The van der Waals surface area contributed by atoms with Gasteiger partial charge in [0.1, 0.15) is 11.2 Å². The SMILES string of the molecule is COC(=O)NC(C)(C)/C=C/n1ncc(C(=O)NC2C3CC4CC2CC(OC(N)=O)(C4)C3)c1N(C(N)=O)C(C)C. The van der Waals surface area contributed by atoms with Gasteiger partial charge in [-0.25, -0.2) is 19.1 Å². The fourth-order valence-corrected chi connectivity index (χ4v) is 6.83. The summed E-state index contributed by atoms with van der Waals surface area (Å²) in [5.74, 6) is 0.593. The molecule has 4 fully saturated rings. The van der Waals surface area contributed by atoms with E-state index in [9.17, 15) is 19.2 Å². The zero-order valence-electron chi connectivity index (χ0n) is 23.1. The minimum absolute atomic E-state index is 0.102. The maximum atomic E-state index is 13.7. The minimum Gasteiger partial charge on any atom is -0.453 e. The number of amides is 5. The van der Waals surface area contributed by atoms with Crippen LogP contribution in [-0.4, -0.2) is 64.2 Å². The Labute approximate surface area is 227 Å². The molecule has 0 aromatic carbocycles. The number of hydrogen-bond donors (Lipinski definition) is 4. The third kappa shape index (κ3) is 5.81. The van der Waals surface area contributed by atoms with E-state index in [-0.39, 0.29) is 41.2 Å². The lowest BCUT2D eigenvalue weighted by Crippen LogP contribution is -2.63. The average Bonchev–Trinajstić information content (AvgIpc) is 3.21. The van der Waals surface area contributed by atoms with E-state index in [1.54, 1.807) is 40.0 Å². The molecule has 214 valence electrons. The molecule has 4 bridgehead atoms. The second-order valence-electron chi connectivity index (χ2n) is 11.9. The molecule has 0 aliphatic heterocycles. The molecule has 5 amide bonds. The number of hydrogen-bond acceptors (Lipinski definition) is 7. The first-order chi connectivity index (χ1) is 18.2. The van der Waals surface area contributed by atoms with Crippen LogP contribution in [-0.2, 0) is 9.47 Å². The van der Waals surface area contributed by atoms with Gasteiger partial charge in [-0.15, -0.1) is 0 Å². The monoisotopic (exact) mass is 545 g/mol. The zero-order valence-corrected chi connectivity index (χ0v) is 23.1. The lowest BCUT2D eigenvalue weighted by atomic mass is 9.52. The van der Waals surface area contributed by atoms with Crippen LogP contribution in [0.1, 0.15) is 70.2 Å². The fourth-order valence-electron chi connectivity index (χ4n) is 6.83. The van der Waals surface area contributed by atoms with Crippen LogP contribution in [0, 0.1) is 17.8 Å². The van der Waals surface area contributed by atoms with E-state index >= 15 is 0 Å². The van der Waals surface area contributed by atoms with Gasteiger partial charge in [-0.2, -0.15) is 5.10 Å². The molecule has 2 unspecified atom stereocenters. The number of carbonyl (C=O) groups excluding carboxylic acids is 4. The maximum absolute atomic E-state index is 13.7. The molecule has 4 saturated carbocycles. The summed E-state index contributed by atoms with van der Waals surface area (Å²) in [4.78, 5) is 50.8. The summed E-state index contributed by atoms with van der Waals surface area (Å²) < 4.78 is 11.7. The van der Waals surface area contributed by atoms with Gasteiger partial charge in [-0.05, 0) is 83.6 Å². The summed E-state index contributed by atoms with van der Waals surface area (Å²) in [6.07, 6.45) is 7.29. The number of alkyl carbamates (subject to hydrolysis) is 1. The first-order valence-corrected chi connectivity index (χ1v) is 13.2. The Kier molecular flexibility index (Phi) is 7.55. The zero-order chi connectivity index (χ0) is 28.7. The lowest BCUT2D eigenvalue weighted by molar-refractivity contribution is -0.137. The largest absolute Gasteiger partial charge is 0.453 e. The Morgan fingerprint density at radius 2 is 1.82 bits per heavy atom. The molecular formula is C26H39N7O6. The summed E-state index contributed by atoms with van der Waals surface area (Å²) in [5, 5.41) is 10.2. The number of rotatable bonds is 8. The van der Waals surface area contributed by atoms with Crippen molar-refractivity contribution >= 4 is 36.1 Å². The topological polar surface area (TPSA) is 184 Å². The number of methoxy groups -OCH3 is 1. The van der Waals surface area contributed by atoms with Crippen molar-refractivity contribution in [1.82, 2.24) is 20.4 Å². The molecule has 5 rings (SSSR count). The number of nitrogens with two attached hydrogens (primary N) is 2. The summed E-state index contributed by atoms with van der Waals surface area (Å²) in [6, 6.07) is -1.21. The van der Waals surface area contributed by atoms with E-state index in [4.69, 9.17) is 16.2 Å². The molecule has 4 aliphatic carbocycles. The highest BCUT2D eigenvalue weighted by Crippen LogP contribution is 2.57. The number of ether oxygens (including phenoxy) is 2. The number of aromatic nitrogens is 2. The highest BCUT2D eigenvalue weighted by Gasteiger charge is 2.57. The van der Waals surface area contributed by atoms with Crippen LogP contribution in [0.4, 0.5) is 20.2 Å². The van der Waals surface area contributed by atoms with Crippen molar-refractivity contribution in [2.24, 2.45) is 29.2 Å². The van der Waals surface area contributed by atoms with Crippen LogP contribution in [0.25, 0.3) is 6.20 Å². The number of anilines is 1. The maximum Gasteiger partial charge on any atom is 0.407 e. The molecule has 13 heteroatoms. The molecule has 39 heavy (non-hydrogen) atoms. The van der Waals surface area contributed by atoms with Gasteiger partial charge in [0.05, 0.1) is 18.8 Å².